The van der Waals surface area contributed by atoms with Gasteiger partial charge in [-0.15, -0.1) is 12.3 Å². The smallest absolute Gasteiger partial charge is 0.0212 e. The summed E-state index contributed by atoms with van der Waals surface area (Å²) in [6, 6.07) is 0. The van der Waals surface area contributed by atoms with Gasteiger partial charge < -0.3 is 0 Å². The van der Waals surface area contributed by atoms with Crippen LogP contribution in [0.5, 0.6) is 0 Å². The lowest BCUT2D eigenvalue weighted by Crippen LogP contribution is -1.85. The minimum Gasteiger partial charge on any atom is -0.130 e. The Bertz CT molecular complexity index is 214. The van der Waals surface area contributed by atoms with Crippen molar-refractivity contribution in [1.82, 2.24) is 0 Å². The molecule has 0 nitrogen and oxygen atoms in total. The summed E-state index contributed by atoms with van der Waals surface area (Å²) in [6.45, 7) is 11.6. The van der Waals surface area contributed by atoms with E-state index in [1.165, 1.54) is 5.57 Å². The van der Waals surface area contributed by atoms with E-state index in [2.05, 4.69) is 44.9 Å². The second-order valence-electron chi connectivity index (χ2n) is 3.43. The van der Waals surface area contributed by atoms with Gasteiger partial charge >= 0.3 is 0 Å². The maximum atomic E-state index is 3.71. The third kappa shape index (κ3) is 7.36. The first-order valence-electron chi connectivity index (χ1n) is 4.83. The van der Waals surface area contributed by atoms with Crippen LogP contribution in [0.2, 0.25) is 0 Å². The Morgan fingerprint density at radius 2 is 2.23 bits per heavy atom. The fraction of sp³-hybridized carbons (Fsp3) is 0.462. The van der Waals surface area contributed by atoms with Crippen LogP contribution >= 0.6 is 0 Å². The molecule has 72 valence electrons. The van der Waals surface area contributed by atoms with Crippen LogP contribution in [0, 0.1) is 5.92 Å². The van der Waals surface area contributed by atoms with Crippen molar-refractivity contribution in [3.63, 3.8) is 0 Å². The van der Waals surface area contributed by atoms with E-state index in [-0.39, 0.29) is 0 Å². The van der Waals surface area contributed by atoms with Crippen LogP contribution in [-0.2, 0) is 0 Å². The van der Waals surface area contributed by atoms with Crippen LogP contribution in [0.25, 0.3) is 0 Å². The van der Waals surface area contributed by atoms with Gasteiger partial charge in [-0.2, -0.15) is 0 Å². The Labute approximate surface area is 82.4 Å². The molecule has 0 aliphatic heterocycles. The number of hydrogen-bond acceptors (Lipinski definition) is 0. The molecule has 0 heterocycles. The molecule has 0 aliphatic rings. The van der Waals surface area contributed by atoms with Gasteiger partial charge in [-0.3, -0.25) is 0 Å². The monoisotopic (exact) mass is 176 g/mol. The van der Waals surface area contributed by atoms with Crippen LogP contribution in [0.1, 0.15) is 33.1 Å². The van der Waals surface area contributed by atoms with Gasteiger partial charge in [-0.05, 0) is 37.7 Å². The quantitative estimate of drug-likeness (QED) is 0.419. The molecule has 0 saturated carbocycles. The molecule has 0 unspecified atom stereocenters. The summed E-state index contributed by atoms with van der Waals surface area (Å²) >= 11 is 0. The topological polar surface area (TPSA) is 0 Å². The molecule has 0 aliphatic carbocycles. The van der Waals surface area contributed by atoms with Crippen LogP contribution < -0.4 is 0 Å². The first-order valence-corrected chi connectivity index (χ1v) is 4.83. The highest BCUT2D eigenvalue weighted by Gasteiger charge is 1.91. The number of hydrogen-bond donors (Lipinski definition) is 0. The molecule has 0 N–H and O–H groups in total. The van der Waals surface area contributed by atoms with Gasteiger partial charge in [0.1, 0.15) is 0 Å². The summed E-state index contributed by atoms with van der Waals surface area (Å²) in [4.78, 5) is 0. The average molecular weight is 176 g/mol. The van der Waals surface area contributed by atoms with Crippen molar-refractivity contribution in [2.75, 3.05) is 0 Å². The van der Waals surface area contributed by atoms with Gasteiger partial charge in [0.05, 0.1) is 0 Å². The van der Waals surface area contributed by atoms with E-state index in [9.17, 15) is 0 Å². The SMILES string of the molecule is C=C=C(C)CC/C=C\[C@@H](C)CC=C. The van der Waals surface area contributed by atoms with E-state index in [0.717, 1.165) is 19.3 Å². The fourth-order valence-electron chi connectivity index (χ4n) is 1.06. The Kier molecular flexibility index (Phi) is 7.05. The number of rotatable bonds is 6. The van der Waals surface area contributed by atoms with Crippen molar-refractivity contribution < 1.29 is 0 Å². The summed E-state index contributed by atoms with van der Waals surface area (Å²) in [5.41, 5.74) is 4.13. The van der Waals surface area contributed by atoms with Gasteiger partial charge in [0.15, 0.2) is 0 Å². The zero-order chi connectivity index (χ0) is 10.1. The van der Waals surface area contributed by atoms with E-state index in [4.69, 9.17) is 0 Å². The largest absolute Gasteiger partial charge is 0.130 e. The molecule has 0 saturated heterocycles. The Hall–Kier alpha value is -1.00. The van der Waals surface area contributed by atoms with Gasteiger partial charge in [-0.25, -0.2) is 0 Å². The molecule has 0 aromatic heterocycles. The van der Waals surface area contributed by atoms with Crippen molar-refractivity contribution in [2.45, 2.75) is 33.1 Å². The van der Waals surface area contributed by atoms with Crippen LogP contribution in [0.4, 0.5) is 0 Å². The lowest BCUT2D eigenvalue weighted by molar-refractivity contribution is 0.740. The molecule has 0 aromatic rings. The molecule has 0 amide bonds. The summed E-state index contributed by atoms with van der Waals surface area (Å²) in [7, 11) is 0. The fourth-order valence-corrected chi connectivity index (χ4v) is 1.06. The summed E-state index contributed by atoms with van der Waals surface area (Å²) in [5.74, 6) is 0.616. The van der Waals surface area contributed by atoms with Gasteiger partial charge in [0.2, 0.25) is 0 Å². The lowest BCUT2D eigenvalue weighted by atomic mass is 10.1. The third-order valence-electron chi connectivity index (χ3n) is 1.99. The van der Waals surface area contributed by atoms with Crippen molar-refractivity contribution in [3.8, 4) is 0 Å². The van der Waals surface area contributed by atoms with E-state index in [1.54, 1.807) is 0 Å². The predicted molar refractivity (Wildman–Crippen MR) is 60.7 cm³/mol. The van der Waals surface area contributed by atoms with E-state index in [0.29, 0.717) is 5.92 Å². The van der Waals surface area contributed by atoms with Crippen molar-refractivity contribution in [2.24, 2.45) is 5.92 Å². The van der Waals surface area contributed by atoms with Gasteiger partial charge in [0.25, 0.3) is 0 Å². The van der Waals surface area contributed by atoms with Crippen molar-refractivity contribution in [1.29, 1.82) is 0 Å². The second kappa shape index (κ2) is 7.64. The molecule has 0 spiro atoms. The second-order valence-corrected chi connectivity index (χ2v) is 3.43. The Balaban J connectivity index is 3.62. The summed E-state index contributed by atoms with van der Waals surface area (Å²) in [5, 5.41) is 0. The molecular formula is C13H20. The molecule has 0 bridgehead atoms. The molecule has 0 rings (SSSR count). The first-order chi connectivity index (χ1) is 6.20. The van der Waals surface area contributed by atoms with Crippen molar-refractivity contribution >= 4 is 0 Å². The van der Waals surface area contributed by atoms with E-state index < -0.39 is 0 Å². The van der Waals surface area contributed by atoms with Crippen molar-refractivity contribution in [3.05, 3.63) is 42.7 Å². The van der Waals surface area contributed by atoms with Gasteiger partial charge in [0, 0.05) is 0 Å². The predicted octanol–water partition coefficient (Wildman–Crippen LogP) is 4.27. The first kappa shape index (κ1) is 12.0. The normalized spacial score (nSPS) is 12.5. The maximum absolute atomic E-state index is 3.71. The molecule has 0 heteroatoms. The summed E-state index contributed by atoms with van der Waals surface area (Å²) < 4.78 is 0. The highest BCUT2D eigenvalue weighted by molar-refractivity contribution is 4.98. The molecule has 0 fully saturated rings. The number of allylic oxidation sites excluding steroid dienone is 4. The van der Waals surface area contributed by atoms with Crippen LogP contribution in [-0.4, -0.2) is 0 Å². The highest BCUT2D eigenvalue weighted by atomic mass is 14.0. The Morgan fingerprint density at radius 1 is 1.54 bits per heavy atom. The van der Waals surface area contributed by atoms with E-state index >= 15 is 0 Å². The minimum absolute atomic E-state index is 0.616. The zero-order valence-corrected chi connectivity index (χ0v) is 8.84. The van der Waals surface area contributed by atoms with Crippen LogP contribution in [0.15, 0.2) is 42.7 Å². The van der Waals surface area contributed by atoms with Gasteiger partial charge in [-0.1, -0.05) is 31.7 Å². The standard InChI is InChI=1S/C13H20/c1-5-9-13(4)11-8-7-10-12(3)6-2/h5,8,11,13H,1-2,7,9-10H2,3-4H3/b11-8-/t13-/m0/s1. The molecular weight excluding hydrogens is 156 g/mol. The summed E-state index contributed by atoms with van der Waals surface area (Å²) in [6.07, 6.45) is 9.67. The molecule has 0 radical (unpaired) electrons. The molecule has 0 aromatic carbocycles. The lowest BCUT2D eigenvalue weighted by Gasteiger charge is -1.99. The average Bonchev–Trinajstić information content (AvgIpc) is 2.12. The minimum atomic E-state index is 0.616. The molecule has 13 heavy (non-hydrogen) atoms. The Morgan fingerprint density at radius 3 is 2.77 bits per heavy atom. The van der Waals surface area contributed by atoms with Crippen LogP contribution in [0.3, 0.4) is 0 Å². The van der Waals surface area contributed by atoms with E-state index in [1.807, 2.05) is 6.08 Å². The third-order valence-corrected chi connectivity index (χ3v) is 1.99. The zero-order valence-electron chi connectivity index (χ0n) is 8.84. The molecule has 1 atom stereocenters. The highest BCUT2D eigenvalue weighted by Crippen LogP contribution is 2.07. The maximum Gasteiger partial charge on any atom is -0.0212 e.